The van der Waals surface area contributed by atoms with Gasteiger partial charge in [-0.2, -0.15) is 0 Å². The average Bonchev–Trinajstić information content (AvgIpc) is 3.04. The fraction of sp³-hybridized carbons (Fsp3) is 0.733. The van der Waals surface area contributed by atoms with Crippen LogP contribution in [0.25, 0.3) is 0 Å². The zero-order chi connectivity index (χ0) is 14.7. The van der Waals surface area contributed by atoms with Crippen molar-refractivity contribution in [3.63, 3.8) is 0 Å². The van der Waals surface area contributed by atoms with Gasteiger partial charge in [-0.3, -0.25) is 0 Å². The van der Waals surface area contributed by atoms with E-state index in [1.165, 1.54) is 37.0 Å². The largest absolute Gasteiger partial charge is 0.477 e. The summed E-state index contributed by atoms with van der Waals surface area (Å²) in [7, 11) is 0. The van der Waals surface area contributed by atoms with Crippen LogP contribution in [0, 0.1) is 5.92 Å². The number of aryl methyl sites for hydroxylation is 1. The molecular formula is C15H24N2O2S. The van der Waals surface area contributed by atoms with Crippen LogP contribution in [0.2, 0.25) is 0 Å². The molecule has 1 heterocycles. The summed E-state index contributed by atoms with van der Waals surface area (Å²) in [6, 6.07) is 0.537. The summed E-state index contributed by atoms with van der Waals surface area (Å²) >= 11 is 1.34. The Balaban J connectivity index is 2.30. The summed E-state index contributed by atoms with van der Waals surface area (Å²) in [6.07, 6.45) is 5.64. The van der Waals surface area contributed by atoms with Gasteiger partial charge in [0.15, 0.2) is 5.13 Å². The Labute approximate surface area is 124 Å². The second kappa shape index (κ2) is 6.57. The van der Waals surface area contributed by atoms with E-state index in [-0.39, 0.29) is 0 Å². The predicted octanol–water partition coefficient (Wildman–Crippen LogP) is 3.81. The number of thiazole rings is 1. The summed E-state index contributed by atoms with van der Waals surface area (Å²) < 4.78 is 0. The highest BCUT2D eigenvalue weighted by atomic mass is 32.1. The lowest BCUT2D eigenvalue weighted by atomic mass is 10.1. The normalized spacial score (nSPS) is 16.0. The molecule has 0 atom stereocenters. The maximum atomic E-state index is 11.3. The van der Waals surface area contributed by atoms with Crippen LogP contribution < -0.4 is 4.90 Å². The van der Waals surface area contributed by atoms with Crippen molar-refractivity contribution in [2.24, 2.45) is 5.92 Å². The molecule has 1 aliphatic carbocycles. The Bertz CT molecular complexity index is 464. The molecule has 1 aromatic rings. The molecule has 0 saturated heterocycles. The number of anilines is 1. The molecule has 1 aromatic heterocycles. The molecule has 1 saturated carbocycles. The number of aromatic nitrogens is 1. The van der Waals surface area contributed by atoms with Crippen LogP contribution in [-0.2, 0) is 6.42 Å². The number of hydrogen-bond donors (Lipinski definition) is 1. The molecule has 0 amide bonds. The van der Waals surface area contributed by atoms with E-state index in [4.69, 9.17) is 0 Å². The molecule has 5 heteroatoms. The number of carboxylic acid groups (broad SMARTS) is 1. The number of hydrogen-bond acceptors (Lipinski definition) is 4. The van der Waals surface area contributed by atoms with E-state index in [0.717, 1.165) is 17.4 Å². The fourth-order valence-corrected chi connectivity index (χ4v) is 3.94. The molecular weight excluding hydrogens is 272 g/mol. The van der Waals surface area contributed by atoms with Crippen LogP contribution >= 0.6 is 11.3 Å². The first-order valence-corrected chi connectivity index (χ1v) is 8.34. The number of rotatable bonds is 6. The topological polar surface area (TPSA) is 53.4 Å². The summed E-state index contributed by atoms with van der Waals surface area (Å²) in [6.45, 7) is 7.33. The number of nitrogens with zero attached hydrogens (tertiary/aromatic N) is 2. The van der Waals surface area contributed by atoms with Gasteiger partial charge in [-0.15, -0.1) is 0 Å². The zero-order valence-corrected chi connectivity index (χ0v) is 13.4. The van der Waals surface area contributed by atoms with Crippen LogP contribution in [0.15, 0.2) is 0 Å². The third-order valence-corrected chi connectivity index (χ3v) is 4.91. The van der Waals surface area contributed by atoms with Gasteiger partial charge in [0.05, 0.1) is 5.69 Å². The van der Waals surface area contributed by atoms with E-state index >= 15 is 0 Å². The first-order valence-electron chi connectivity index (χ1n) is 7.52. The van der Waals surface area contributed by atoms with Crippen LogP contribution in [0.1, 0.15) is 61.8 Å². The maximum Gasteiger partial charge on any atom is 0.347 e. The van der Waals surface area contributed by atoms with Crippen LogP contribution in [0.4, 0.5) is 5.13 Å². The minimum absolute atomic E-state index is 0.411. The molecule has 1 fully saturated rings. The second-order valence-corrected chi connectivity index (χ2v) is 6.89. The fourth-order valence-electron chi connectivity index (χ4n) is 2.86. The number of aromatic carboxylic acids is 1. The maximum absolute atomic E-state index is 11.3. The standard InChI is InChI=1S/C15H24N2O2S/c1-4-12-13(14(18)19)20-15(16-12)17(9-10(2)3)11-7-5-6-8-11/h10-11H,4-9H2,1-3H3,(H,18,19). The molecule has 1 N–H and O–H groups in total. The molecule has 0 aromatic carbocycles. The Morgan fingerprint density at radius 3 is 2.55 bits per heavy atom. The van der Waals surface area contributed by atoms with Crippen LogP contribution in [-0.4, -0.2) is 28.6 Å². The third-order valence-electron chi connectivity index (χ3n) is 3.79. The molecule has 0 bridgehead atoms. The van der Waals surface area contributed by atoms with Gasteiger partial charge < -0.3 is 10.0 Å². The van der Waals surface area contributed by atoms with Crippen molar-refractivity contribution in [1.82, 2.24) is 4.98 Å². The van der Waals surface area contributed by atoms with E-state index in [1.54, 1.807) is 0 Å². The van der Waals surface area contributed by atoms with Gasteiger partial charge in [0.25, 0.3) is 0 Å². The van der Waals surface area contributed by atoms with Crippen molar-refractivity contribution in [2.75, 3.05) is 11.4 Å². The number of carboxylic acids is 1. The van der Waals surface area contributed by atoms with E-state index in [0.29, 0.717) is 23.3 Å². The number of carbonyl (C=O) groups is 1. The molecule has 112 valence electrons. The van der Waals surface area contributed by atoms with Gasteiger partial charge in [-0.1, -0.05) is 44.9 Å². The van der Waals surface area contributed by atoms with E-state index < -0.39 is 5.97 Å². The molecule has 4 nitrogen and oxygen atoms in total. The lowest BCUT2D eigenvalue weighted by Crippen LogP contribution is -2.36. The Morgan fingerprint density at radius 2 is 2.10 bits per heavy atom. The molecule has 1 aliphatic rings. The van der Waals surface area contributed by atoms with E-state index in [1.807, 2.05) is 6.92 Å². The van der Waals surface area contributed by atoms with Gasteiger partial charge in [0, 0.05) is 12.6 Å². The lowest BCUT2D eigenvalue weighted by molar-refractivity contribution is 0.0701. The van der Waals surface area contributed by atoms with Gasteiger partial charge in [-0.25, -0.2) is 9.78 Å². The highest BCUT2D eigenvalue weighted by molar-refractivity contribution is 7.17. The monoisotopic (exact) mass is 296 g/mol. The molecule has 0 radical (unpaired) electrons. The van der Waals surface area contributed by atoms with Crippen LogP contribution in [0.5, 0.6) is 0 Å². The highest BCUT2D eigenvalue weighted by Crippen LogP contribution is 2.33. The van der Waals surface area contributed by atoms with Crippen molar-refractivity contribution in [3.8, 4) is 0 Å². The van der Waals surface area contributed by atoms with E-state index in [2.05, 4.69) is 23.7 Å². The zero-order valence-electron chi connectivity index (χ0n) is 12.6. The Morgan fingerprint density at radius 1 is 1.45 bits per heavy atom. The first-order chi connectivity index (χ1) is 9.52. The van der Waals surface area contributed by atoms with Gasteiger partial charge in [-0.05, 0) is 25.2 Å². The van der Waals surface area contributed by atoms with Gasteiger partial charge in [0.2, 0.25) is 0 Å². The molecule has 0 spiro atoms. The molecule has 0 unspecified atom stereocenters. The van der Waals surface area contributed by atoms with Crippen molar-refractivity contribution in [3.05, 3.63) is 10.6 Å². The average molecular weight is 296 g/mol. The smallest absolute Gasteiger partial charge is 0.347 e. The van der Waals surface area contributed by atoms with Gasteiger partial charge >= 0.3 is 5.97 Å². The minimum Gasteiger partial charge on any atom is -0.477 e. The Kier molecular flexibility index (Phi) is 5.02. The second-order valence-electron chi connectivity index (χ2n) is 5.92. The summed E-state index contributed by atoms with van der Waals surface area (Å²) in [4.78, 5) is 18.7. The Hall–Kier alpha value is -1.10. The summed E-state index contributed by atoms with van der Waals surface area (Å²) in [5.74, 6) is -0.292. The van der Waals surface area contributed by atoms with Crippen molar-refractivity contribution >= 4 is 22.4 Å². The van der Waals surface area contributed by atoms with Crippen LogP contribution in [0.3, 0.4) is 0 Å². The third kappa shape index (κ3) is 3.32. The van der Waals surface area contributed by atoms with Gasteiger partial charge in [0.1, 0.15) is 4.88 Å². The summed E-state index contributed by atoms with van der Waals surface area (Å²) in [5, 5.41) is 10.2. The predicted molar refractivity (Wildman–Crippen MR) is 82.9 cm³/mol. The van der Waals surface area contributed by atoms with Crippen molar-refractivity contribution in [1.29, 1.82) is 0 Å². The molecule has 2 rings (SSSR count). The quantitative estimate of drug-likeness (QED) is 0.867. The van der Waals surface area contributed by atoms with Crippen molar-refractivity contribution < 1.29 is 9.90 Å². The molecule has 20 heavy (non-hydrogen) atoms. The summed E-state index contributed by atoms with van der Waals surface area (Å²) in [5.41, 5.74) is 0.726. The highest BCUT2D eigenvalue weighted by Gasteiger charge is 2.27. The SMILES string of the molecule is CCc1nc(N(CC(C)C)C2CCCC2)sc1C(=O)O. The van der Waals surface area contributed by atoms with Crippen molar-refractivity contribution in [2.45, 2.75) is 58.9 Å². The minimum atomic E-state index is -0.846. The first kappa shape index (κ1) is 15.3. The molecule has 0 aliphatic heterocycles. The van der Waals surface area contributed by atoms with E-state index in [9.17, 15) is 9.90 Å². The lowest BCUT2D eigenvalue weighted by Gasteiger charge is -2.30.